The number of carbonyl (C=O) groups excluding carboxylic acids is 1. The number of benzene rings is 2. The molecule has 1 unspecified atom stereocenters. The summed E-state index contributed by atoms with van der Waals surface area (Å²) < 4.78 is 35.4. The highest BCUT2D eigenvalue weighted by molar-refractivity contribution is 7.89. The van der Waals surface area contributed by atoms with Crippen molar-refractivity contribution in [3.8, 4) is 5.69 Å². The number of hydrogen-bond donors (Lipinski definition) is 2. The van der Waals surface area contributed by atoms with E-state index in [1.807, 2.05) is 30.3 Å². The Morgan fingerprint density at radius 2 is 1.66 bits per heavy atom. The number of amides is 1. The van der Waals surface area contributed by atoms with Crippen LogP contribution in [0.5, 0.6) is 0 Å². The number of nitrogens with one attached hydrogen (secondary N) is 2. The first-order valence-corrected chi connectivity index (χ1v) is 12.7. The molecule has 0 radical (unpaired) electrons. The highest BCUT2D eigenvalue weighted by Gasteiger charge is 2.26. The lowest BCUT2D eigenvalue weighted by molar-refractivity contribution is -0.116. The molecule has 1 aliphatic rings. The Morgan fingerprint density at radius 1 is 1.03 bits per heavy atom. The fraction of sp³-hybridized carbons (Fsp3) is 0.333. The Kier molecular flexibility index (Phi) is 7.10. The summed E-state index contributed by atoms with van der Waals surface area (Å²) in [7, 11) is -1.83. The van der Waals surface area contributed by atoms with Gasteiger partial charge in [-0.05, 0) is 50.2 Å². The predicted molar refractivity (Wildman–Crippen MR) is 133 cm³/mol. The van der Waals surface area contributed by atoms with Crippen LogP contribution in [0.2, 0.25) is 0 Å². The van der Waals surface area contributed by atoms with Crippen molar-refractivity contribution in [3.05, 3.63) is 70.6 Å². The van der Waals surface area contributed by atoms with E-state index in [0.717, 1.165) is 5.69 Å². The number of aromatic nitrogens is 2. The van der Waals surface area contributed by atoms with E-state index in [0.29, 0.717) is 43.4 Å². The molecule has 1 amide bonds. The summed E-state index contributed by atoms with van der Waals surface area (Å²) in [6.45, 7) is 4.83. The second-order valence-corrected chi connectivity index (χ2v) is 10.3. The first kappa shape index (κ1) is 24.7. The van der Waals surface area contributed by atoms with E-state index < -0.39 is 16.1 Å². The fourth-order valence-corrected chi connectivity index (χ4v) is 5.32. The molecule has 0 bridgehead atoms. The number of rotatable bonds is 7. The van der Waals surface area contributed by atoms with Gasteiger partial charge in [0.05, 0.1) is 29.5 Å². The molecule has 10 nitrogen and oxygen atoms in total. The Hall–Kier alpha value is -3.41. The summed E-state index contributed by atoms with van der Waals surface area (Å²) >= 11 is 0. The quantitative estimate of drug-likeness (QED) is 0.514. The summed E-state index contributed by atoms with van der Waals surface area (Å²) in [4.78, 5) is 26.0. The highest BCUT2D eigenvalue weighted by Crippen LogP contribution is 2.20. The van der Waals surface area contributed by atoms with Gasteiger partial charge < -0.3 is 15.4 Å². The molecule has 3 aromatic rings. The van der Waals surface area contributed by atoms with E-state index in [2.05, 4.69) is 10.6 Å². The number of sulfonamides is 1. The molecule has 11 heteroatoms. The SMILES string of the molecule is Cc1c(NC(C)C(=O)Nc2ccc(S(=O)(=O)N3CCOCC3)cc2)c(=O)n(-c2ccccc2)n1C. The maximum atomic E-state index is 13.1. The van der Waals surface area contributed by atoms with Gasteiger partial charge in [0.25, 0.3) is 5.56 Å². The average molecular weight is 500 g/mol. The third kappa shape index (κ3) is 5.02. The molecule has 186 valence electrons. The van der Waals surface area contributed by atoms with E-state index in [4.69, 9.17) is 4.74 Å². The molecule has 1 saturated heterocycles. The number of nitrogens with zero attached hydrogens (tertiary/aromatic N) is 3. The lowest BCUT2D eigenvalue weighted by Gasteiger charge is -2.26. The van der Waals surface area contributed by atoms with Crippen LogP contribution in [0.4, 0.5) is 11.4 Å². The van der Waals surface area contributed by atoms with E-state index in [9.17, 15) is 18.0 Å². The zero-order valence-electron chi connectivity index (χ0n) is 19.9. The normalized spacial score (nSPS) is 15.5. The van der Waals surface area contributed by atoms with E-state index in [1.165, 1.54) is 21.1 Å². The standard InChI is InChI=1S/C24H29N5O5S/c1-17(25-22-18(2)27(3)29(24(22)31)20-7-5-4-6-8-20)23(30)26-19-9-11-21(12-10-19)35(32,33)28-13-15-34-16-14-28/h4-12,17,25H,13-16H2,1-3H3,(H,26,30). The smallest absolute Gasteiger partial charge is 0.295 e. The van der Waals surface area contributed by atoms with Gasteiger partial charge in [-0.15, -0.1) is 0 Å². The lowest BCUT2D eigenvalue weighted by atomic mass is 10.2. The number of hydrogen-bond acceptors (Lipinski definition) is 6. The average Bonchev–Trinajstić information content (AvgIpc) is 3.08. The molecular weight excluding hydrogens is 470 g/mol. The highest BCUT2D eigenvalue weighted by atomic mass is 32.2. The molecule has 1 aliphatic heterocycles. The van der Waals surface area contributed by atoms with Gasteiger partial charge in [0.15, 0.2) is 0 Å². The molecule has 0 saturated carbocycles. The monoisotopic (exact) mass is 499 g/mol. The van der Waals surface area contributed by atoms with Crippen LogP contribution in [0, 0.1) is 6.92 Å². The van der Waals surface area contributed by atoms with Gasteiger partial charge >= 0.3 is 0 Å². The van der Waals surface area contributed by atoms with E-state index in [1.54, 1.807) is 37.7 Å². The molecule has 2 aromatic carbocycles. The van der Waals surface area contributed by atoms with Crippen molar-refractivity contribution in [2.45, 2.75) is 24.8 Å². The van der Waals surface area contributed by atoms with Crippen LogP contribution in [-0.4, -0.2) is 60.3 Å². The molecule has 35 heavy (non-hydrogen) atoms. The first-order chi connectivity index (χ1) is 16.7. The summed E-state index contributed by atoms with van der Waals surface area (Å²) in [6.07, 6.45) is 0. The largest absolute Gasteiger partial charge is 0.379 e. The van der Waals surface area contributed by atoms with Crippen LogP contribution < -0.4 is 16.2 Å². The first-order valence-electron chi connectivity index (χ1n) is 11.3. The number of anilines is 2. The molecule has 2 heterocycles. The van der Waals surface area contributed by atoms with Crippen molar-refractivity contribution in [2.24, 2.45) is 7.05 Å². The van der Waals surface area contributed by atoms with Crippen LogP contribution in [0.15, 0.2) is 64.3 Å². The second kappa shape index (κ2) is 10.1. The van der Waals surface area contributed by atoms with Crippen molar-refractivity contribution in [1.82, 2.24) is 13.7 Å². The van der Waals surface area contributed by atoms with Gasteiger partial charge in [-0.3, -0.25) is 14.3 Å². The third-order valence-corrected chi connectivity index (χ3v) is 7.95. The van der Waals surface area contributed by atoms with E-state index >= 15 is 0 Å². The molecule has 1 aromatic heterocycles. The van der Waals surface area contributed by atoms with Crippen molar-refractivity contribution in [1.29, 1.82) is 0 Å². The number of morpholine rings is 1. The van der Waals surface area contributed by atoms with E-state index in [-0.39, 0.29) is 16.4 Å². The number of para-hydroxylation sites is 1. The zero-order chi connectivity index (χ0) is 25.2. The minimum Gasteiger partial charge on any atom is -0.379 e. The third-order valence-electron chi connectivity index (χ3n) is 6.04. The maximum absolute atomic E-state index is 13.1. The molecule has 1 fully saturated rings. The van der Waals surface area contributed by atoms with Crippen molar-refractivity contribution < 1.29 is 17.9 Å². The fourth-order valence-electron chi connectivity index (χ4n) is 3.91. The van der Waals surface area contributed by atoms with Gasteiger partial charge in [-0.2, -0.15) is 4.31 Å². The zero-order valence-corrected chi connectivity index (χ0v) is 20.7. The Balaban J connectivity index is 1.45. The Morgan fingerprint density at radius 3 is 2.29 bits per heavy atom. The lowest BCUT2D eigenvalue weighted by Crippen LogP contribution is -2.40. The summed E-state index contributed by atoms with van der Waals surface area (Å²) in [6, 6.07) is 14.6. The van der Waals surface area contributed by atoms with Gasteiger partial charge in [0.1, 0.15) is 11.7 Å². The van der Waals surface area contributed by atoms with Crippen LogP contribution in [0.1, 0.15) is 12.6 Å². The van der Waals surface area contributed by atoms with Gasteiger partial charge in [-0.1, -0.05) is 18.2 Å². The van der Waals surface area contributed by atoms with Gasteiger partial charge in [-0.25, -0.2) is 13.1 Å². The number of ether oxygens (including phenoxy) is 1. The molecule has 2 N–H and O–H groups in total. The van der Waals surface area contributed by atoms with Crippen LogP contribution in [0.3, 0.4) is 0 Å². The van der Waals surface area contributed by atoms with Crippen molar-refractivity contribution in [3.63, 3.8) is 0 Å². The van der Waals surface area contributed by atoms with Gasteiger partial charge in [0.2, 0.25) is 15.9 Å². The topological polar surface area (TPSA) is 115 Å². The van der Waals surface area contributed by atoms with Crippen LogP contribution in [-0.2, 0) is 26.6 Å². The van der Waals surface area contributed by atoms with Crippen molar-refractivity contribution >= 4 is 27.3 Å². The minimum atomic E-state index is -3.61. The Bertz CT molecular complexity index is 1360. The summed E-state index contributed by atoms with van der Waals surface area (Å²) in [5.41, 5.74) is 1.95. The van der Waals surface area contributed by atoms with Crippen LogP contribution in [0.25, 0.3) is 5.69 Å². The maximum Gasteiger partial charge on any atom is 0.295 e. The molecule has 0 aliphatic carbocycles. The molecule has 1 atom stereocenters. The Labute approximate surface area is 204 Å². The van der Waals surface area contributed by atoms with Gasteiger partial charge in [0, 0.05) is 25.8 Å². The van der Waals surface area contributed by atoms with Crippen molar-refractivity contribution in [2.75, 3.05) is 36.9 Å². The molecule has 4 rings (SSSR count). The molecular formula is C24H29N5O5S. The summed E-state index contributed by atoms with van der Waals surface area (Å²) in [5.74, 6) is -0.359. The second-order valence-electron chi connectivity index (χ2n) is 8.33. The minimum absolute atomic E-state index is 0.157. The summed E-state index contributed by atoms with van der Waals surface area (Å²) in [5, 5.41) is 5.79. The number of carbonyl (C=O) groups is 1. The predicted octanol–water partition coefficient (Wildman–Crippen LogP) is 1.94. The molecule has 0 spiro atoms. The van der Waals surface area contributed by atoms with Crippen LogP contribution >= 0.6 is 0 Å².